The second-order valence-corrected chi connectivity index (χ2v) is 6.63. The number of methoxy groups -OCH3 is 1. The molecular weight excluding hydrogens is 378 g/mol. The zero-order valence-corrected chi connectivity index (χ0v) is 15.7. The van der Waals surface area contributed by atoms with Gasteiger partial charge in [0.25, 0.3) is 0 Å². The summed E-state index contributed by atoms with van der Waals surface area (Å²) in [5, 5.41) is 9.67. The Bertz CT molecular complexity index is 892. The molecular formula is C17H16ClN3O4S. The summed E-state index contributed by atoms with van der Waals surface area (Å²) < 4.78 is 17.6. The van der Waals surface area contributed by atoms with Gasteiger partial charge in [-0.3, -0.25) is 0 Å². The number of nitrogens with zero attached hydrogens (tertiary/aromatic N) is 3. The maximum Gasteiger partial charge on any atom is 0.373 e. The first kappa shape index (κ1) is 18.3. The van der Waals surface area contributed by atoms with Gasteiger partial charge in [-0.25, -0.2) is 4.79 Å². The van der Waals surface area contributed by atoms with E-state index in [0.717, 1.165) is 5.16 Å². The zero-order chi connectivity index (χ0) is 18.5. The molecule has 1 aromatic carbocycles. The van der Waals surface area contributed by atoms with Gasteiger partial charge in [0.2, 0.25) is 5.76 Å². The van der Waals surface area contributed by atoms with E-state index in [-0.39, 0.29) is 5.76 Å². The van der Waals surface area contributed by atoms with E-state index in [2.05, 4.69) is 14.9 Å². The van der Waals surface area contributed by atoms with Crippen molar-refractivity contribution < 1.29 is 18.7 Å². The first-order valence-electron chi connectivity index (χ1n) is 7.63. The van der Waals surface area contributed by atoms with Crippen LogP contribution in [0.1, 0.15) is 22.1 Å². The van der Waals surface area contributed by atoms with Gasteiger partial charge >= 0.3 is 5.97 Å². The minimum Gasteiger partial charge on any atom is -0.486 e. The maximum absolute atomic E-state index is 11.4. The van der Waals surface area contributed by atoms with Crippen LogP contribution in [0.5, 0.6) is 5.75 Å². The number of halogens is 1. The highest BCUT2D eigenvalue weighted by Crippen LogP contribution is 2.23. The molecule has 26 heavy (non-hydrogen) atoms. The number of ether oxygens (including phenoxy) is 2. The molecule has 3 rings (SSSR count). The van der Waals surface area contributed by atoms with Crippen molar-refractivity contribution in [1.82, 2.24) is 14.8 Å². The Hall–Kier alpha value is -2.45. The lowest BCUT2D eigenvalue weighted by molar-refractivity contribution is 0.0563. The summed E-state index contributed by atoms with van der Waals surface area (Å²) in [6.45, 7) is 0.291. The second kappa shape index (κ2) is 8.29. The normalized spacial score (nSPS) is 10.7. The third kappa shape index (κ3) is 4.39. The average Bonchev–Trinajstić information content (AvgIpc) is 3.26. The third-order valence-corrected chi connectivity index (χ3v) is 4.79. The number of thioether (sulfide) groups is 1. The molecule has 0 atom stereocenters. The summed E-state index contributed by atoms with van der Waals surface area (Å²) in [4.78, 5) is 11.4. The van der Waals surface area contributed by atoms with Gasteiger partial charge in [0.15, 0.2) is 11.0 Å². The number of rotatable bonds is 7. The van der Waals surface area contributed by atoms with Gasteiger partial charge in [0.1, 0.15) is 18.1 Å². The summed E-state index contributed by atoms with van der Waals surface area (Å²) >= 11 is 7.30. The molecule has 0 spiro atoms. The predicted molar refractivity (Wildman–Crippen MR) is 96.4 cm³/mol. The second-order valence-electron chi connectivity index (χ2n) is 5.25. The fourth-order valence-corrected chi connectivity index (χ4v) is 3.03. The van der Waals surface area contributed by atoms with Crippen LogP contribution in [0.25, 0.3) is 0 Å². The van der Waals surface area contributed by atoms with Crippen LogP contribution in [0.4, 0.5) is 0 Å². The first-order valence-corrected chi connectivity index (χ1v) is 8.99. The van der Waals surface area contributed by atoms with Crippen molar-refractivity contribution in [2.75, 3.05) is 7.11 Å². The van der Waals surface area contributed by atoms with Crippen LogP contribution in [-0.2, 0) is 24.1 Å². The Morgan fingerprint density at radius 1 is 1.23 bits per heavy atom. The first-order chi connectivity index (χ1) is 12.6. The van der Waals surface area contributed by atoms with Crippen molar-refractivity contribution in [3.05, 3.63) is 58.8 Å². The molecule has 0 unspecified atom stereocenters. The van der Waals surface area contributed by atoms with Crippen LogP contribution in [0.2, 0.25) is 5.02 Å². The predicted octanol–water partition coefficient (Wildman–Crippen LogP) is 3.72. The zero-order valence-electron chi connectivity index (χ0n) is 14.1. The van der Waals surface area contributed by atoms with Crippen molar-refractivity contribution >= 4 is 29.3 Å². The highest BCUT2D eigenvalue weighted by Gasteiger charge is 2.14. The van der Waals surface area contributed by atoms with E-state index in [0.29, 0.717) is 34.7 Å². The molecule has 0 aliphatic rings. The molecule has 0 N–H and O–H groups in total. The summed E-state index contributed by atoms with van der Waals surface area (Å²) in [5.41, 5.74) is 0. The molecule has 7 nitrogen and oxygen atoms in total. The number of hydrogen-bond acceptors (Lipinski definition) is 7. The molecule has 2 aromatic heterocycles. The van der Waals surface area contributed by atoms with Gasteiger partial charge < -0.3 is 18.5 Å². The molecule has 3 aromatic rings. The van der Waals surface area contributed by atoms with Gasteiger partial charge in [-0.1, -0.05) is 23.4 Å². The number of aromatic nitrogens is 3. The highest BCUT2D eigenvalue weighted by atomic mass is 35.5. The number of benzene rings is 1. The van der Waals surface area contributed by atoms with Crippen LogP contribution in [0.15, 0.2) is 46.0 Å². The van der Waals surface area contributed by atoms with E-state index >= 15 is 0 Å². The molecule has 136 valence electrons. The van der Waals surface area contributed by atoms with Gasteiger partial charge in [-0.05, 0) is 36.4 Å². The molecule has 9 heteroatoms. The Balaban J connectivity index is 1.57. The smallest absolute Gasteiger partial charge is 0.373 e. The van der Waals surface area contributed by atoms with E-state index in [1.165, 1.54) is 18.9 Å². The quantitative estimate of drug-likeness (QED) is 0.447. The van der Waals surface area contributed by atoms with Crippen molar-refractivity contribution in [1.29, 1.82) is 0 Å². The Kier molecular flexibility index (Phi) is 5.85. The van der Waals surface area contributed by atoms with E-state index < -0.39 is 5.97 Å². The number of furan rings is 1. The van der Waals surface area contributed by atoms with Crippen LogP contribution in [0, 0.1) is 0 Å². The van der Waals surface area contributed by atoms with E-state index in [4.69, 9.17) is 20.8 Å². The number of carbonyl (C=O) groups excluding carboxylic acids is 1. The molecule has 0 bridgehead atoms. The van der Waals surface area contributed by atoms with Crippen LogP contribution >= 0.6 is 23.4 Å². The fraction of sp³-hybridized carbons (Fsp3) is 0.235. The van der Waals surface area contributed by atoms with Crippen molar-refractivity contribution in [2.45, 2.75) is 17.5 Å². The minimum atomic E-state index is -0.499. The summed E-state index contributed by atoms with van der Waals surface area (Å²) in [7, 11) is 3.18. The lowest BCUT2D eigenvalue weighted by atomic mass is 10.3. The molecule has 0 saturated heterocycles. The average molecular weight is 394 g/mol. The maximum atomic E-state index is 11.4. The Morgan fingerprint density at radius 2 is 2.00 bits per heavy atom. The lowest BCUT2D eigenvalue weighted by Gasteiger charge is -2.06. The summed E-state index contributed by atoms with van der Waals surface area (Å²) in [6, 6.07) is 10.4. The standard InChI is InChI=1S/C17H16ClN3O4S/c1-21-15(9-24-12-5-3-11(18)4-6-12)19-20-17(21)26-10-13-7-8-14(25-13)16(22)23-2/h3-8H,9-10H2,1-2H3. The number of hydrogen-bond donors (Lipinski definition) is 0. The molecule has 0 fully saturated rings. The van der Waals surface area contributed by atoms with Crippen molar-refractivity contribution in [3.8, 4) is 5.75 Å². The molecule has 0 amide bonds. The SMILES string of the molecule is COC(=O)c1ccc(CSc2nnc(COc3ccc(Cl)cc3)n2C)o1. The molecule has 0 saturated carbocycles. The molecule has 0 radical (unpaired) electrons. The van der Waals surface area contributed by atoms with Gasteiger partial charge in [0, 0.05) is 12.1 Å². The minimum absolute atomic E-state index is 0.179. The van der Waals surface area contributed by atoms with Crippen molar-refractivity contribution in [2.24, 2.45) is 7.05 Å². The fourth-order valence-electron chi connectivity index (χ4n) is 2.08. The molecule has 2 heterocycles. The van der Waals surface area contributed by atoms with Crippen LogP contribution < -0.4 is 4.74 Å². The summed E-state index contributed by atoms with van der Waals surface area (Å²) in [5.74, 6) is 2.24. The number of esters is 1. The summed E-state index contributed by atoms with van der Waals surface area (Å²) in [6.07, 6.45) is 0. The monoisotopic (exact) mass is 393 g/mol. The van der Waals surface area contributed by atoms with Crippen LogP contribution in [-0.4, -0.2) is 27.8 Å². The number of carbonyl (C=O) groups is 1. The van der Waals surface area contributed by atoms with Gasteiger partial charge in [0.05, 0.1) is 12.9 Å². The highest BCUT2D eigenvalue weighted by molar-refractivity contribution is 7.98. The third-order valence-electron chi connectivity index (χ3n) is 3.50. The van der Waals surface area contributed by atoms with E-state index in [9.17, 15) is 4.79 Å². The van der Waals surface area contributed by atoms with Crippen molar-refractivity contribution in [3.63, 3.8) is 0 Å². The largest absolute Gasteiger partial charge is 0.486 e. The van der Waals surface area contributed by atoms with Crippen LogP contribution in [0.3, 0.4) is 0 Å². The van der Waals surface area contributed by atoms with E-state index in [1.54, 1.807) is 36.4 Å². The Labute approximate surface area is 159 Å². The Morgan fingerprint density at radius 3 is 2.73 bits per heavy atom. The van der Waals surface area contributed by atoms with E-state index in [1.807, 2.05) is 11.6 Å². The molecule has 0 aliphatic carbocycles. The van der Waals surface area contributed by atoms with Gasteiger partial charge in [-0.2, -0.15) is 0 Å². The molecule has 0 aliphatic heterocycles. The lowest BCUT2D eigenvalue weighted by Crippen LogP contribution is -2.04. The topological polar surface area (TPSA) is 79.4 Å². The van der Waals surface area contributed by atoms with Gasteiger partial charge in [-0.15, -0.1) is 10.2 Å².